The van der Waals surface area contributed by atoms with Gasteiger partial charge in [-0.15, -0.1) is 0 Å². The summed E-state index contributed by atoms with van der Waals surface area (Å²) in [5.74, 6) is 1.86. The quantitative estimate of drug-likeness (QED) is 0.633. The molecule has 1 N–H and O–H groups in total. The lowest BCUT2D eigenvalue weighted by Crippen LogP contribution is -2.41. The number of hydrogen-bond donors (Lipinski definition) is 1. The molecule has 0 spiro atoms. The van der Waals surface area contributed by atoms with Crippen LogP contribution in [-0.2, 0) is 0 Å². The van der Waals surface area contributed by atoms with Gasteiger partial charge in [0.15, 0.2) is 5.16 Å². The normalized spacial score (nSPS) is 11.4. The maximum absolute atomic E-state index is 4.59. The maximum Gasteiger partial charge on any atom is 0.191 e. The van der Waals surface area contributed by atoms with Gasteiger partial charge < -0.3 is 10.2 Å². The van der Waals surface area contributed by atoms with E-state index in [2.05, 4.69) is 54.9 Å². The molecule has 0 bridgehead atoms. The van der Waals surface area contributed by atoms with Crippen LogP contribution in [0.3, 0.4) is 0 Å². The molecule has 1 aromatic rings. The summed E-state index contributed by atoms with van der Waals surface area (Å²) in [4.78, 5) is 11.2. The number of anilines is 2. The first-order chi connectivity index (χ1) is 8.44. The highest BCUT2D eigenvalue weighted by Gasteiger charge is 2.23. The predicted octanol–water partition coefficient (Wildman–Crippen LogP) is 3.26. The Bertz CT molecular complexity index is 393. The minimum atomic E-state index is 0.0908. The van der Waals surface area contributed by atoms with Gasteiger partial charge in [0.2, 0.25) is 0 Å². The minimum Gasteiger partial charge on any atom is -0.370 e. The van der Waals surface area contributed by atoms with Crippen molar-refractivity contribution in [2.75, 3.05) is 30.1 Å². The van der Waals surface area contributed by atoms with Crippen molar-refractivity contribution >= 4 is 23.4 Å². The molecule has 0 amide bonds. The molecule has 0 saturated heterocycles. The van der Waals surface area contributed by atoms with Crippen LogP contribution in [0.4, 0.5) is 11.6 Å². The number of thioether (sulfide) groups is 1. The van der Waals surface area contributed by atoms with Gasteiger partial charge in [-0.3, -0.25) is 0 Å². The molecule has 1 aromatic heterocycles. The second kappa shape index (κ2) is 6.27. The zero-order valence-corrected chi connectivity index (χ0v) is 13.1. The van der Waals surface area contributed by atoms with Crippen molar-refractivity contribution in [1.82, 2.24) is 9.97 Å². The average Bonchev–Trinajstić information content (AvgIpc) is 2.37. The zero-order chi connectivity index (χ0) is 13.8. The van der Waals surface area contributed by atoms with Crippen molar-refractivity contribution in [1.29, 1.82) is 0 Å². The van der Waals surface area contributed by atoms with Gasteiger partial charge in [-0.1, -0.05) is 18.7 Å². The third kappa shape index (κ3) is 3.51. The number of hydrogen-bond acceptors (Lipinski definition) is 5. The summed E-state index contributed by atoms with van der Waals surface area (Å²) in [5.41, 5.74) is 0.0908. The number of rotatable bonds is 6. The minimum absolute atomic E-state index is 0.0908. The van der Waals surface area contributed by atoms with E-state index < -0.39 is 0 Å². The molecule has 0 atom stereocenters. The highest BCUT2D eigenvalue weighted by atomic mass is 32.2. The molecular weight excluding hydrogens is 244 g/mol. The van der Waals surface area contributed by atoms with Crippen molar-refractivity contribution in [2.45, 2.75) is 44.8 Å². The van der Waals surface area contributed by atoms with Gasteiger partial charge in [0.1, 0.15) is 11.6 Å². The Balaban J connectivity index is 3.11. The summed E-state index contributed by atoms with van der Waals surface area (Å²) >= 11 is 1.57. The van der Waals surface area contributed by atoms with Crippen LogP contribution in [0.25, 0.3) is 0 Å². The second-order valence-corrected chi connectivity index (χ2v) is 5.63. The number of nitrogens with zero attached hydrogens (tertiary/aromatic N) is 3. The summed E-state index contributed by atoms with van der Waals surface area (Å²) in [6.07, 6.45) is 3.07. The molecule has 0 aromatic carbocycles. The van der Waals surface area contributed by atoms with Crippen molar-refractivity contribution in [3.05, 3.63) is 6.07 Å². The van der Waals surface area contributed by atoms with Crippen molar-refractivity contribution in [3.8, 4) is 0 Å². The Hall–Kier alpha value is -0.970. The van der Waals surface area contributed by atoms with Crippen molar-refractivity contribution in [3.63, 3.8) is 0 Å². The third-order valence-electron chi connectivity index (χ3n) is 3.35. The highest BCUT2D eigenvalue weighted by molar-refractivity contribution is 7.98. The molecule has 0 saturated carbocycles. The van der Waals surface area contributed by atoms with Crippen LogP contribution in [0, 0.1) is 0 Å². The Morgan fingerprint density at radius 1 is 1.33 bits per heavy atom. The van der Waals surface area contributed by atoms with Gasteiger partial charge in [-0.25, -0.2) is 9.97 Å². The van der Waals surface area contributed by atoms with Gasteiger partial charge >= 0.3 is 0 Å². The third-order valence-corrected chi connectivity index (χ3v) is 3.90. The largest absolute Gasteiger partial charge is 0.370 e. The monoisotopic (exact) mass is 268 g/mol. The first-order valence-corrected chi connectivity index (χ1v) is 7.57. The van der Waals surface area contributed by atoms with Crippen LogP contribution in [0.1, 0.15) is 34.1 Å². The van der Waals surface area contributed by atoms with E-state index in [1.54, 1.807) is 11.8 Å². The Morgan fingerprint density at radius 2 is 2.00 bits per heavy atom. The molecule has 0 fully saturated rings. The van der Waals surface area contributed by atoms with Gasteiger partial charge in [0, 0.05) is 25.2 Å². The van der Waals surface area contributed by atoms with Gasteiger partial charge in [-0.2, -0.15) is 0 Å². The Kier molecular flexibility index (Phi) is 5.26. The van der Waals surface area contributed by atoms with Crippen LogP contribution < -0.4 is 10.2 Å². The van der Waals surface area contributed by atoms with Crippen LogP contribution in [0.15, 0.2) is 11.2 Å². The molecule has 0 aliphatic carbocycles. The van der Waals surface area contributed by atoms with E-state index >= 15 is 0 Å². The molecule has 4 nitrogen and oxygen atoms in total. The summed E-state index contributed by atoms with van der Waals surface area (Å²) in [5, 5.41) is 4.06. The van der Waals surface area contributed by atoms with Crippen LogP contribution in [-0.4, -0.2) is 35.4 Å². The molecule has 0 radical (unpaired) electrons. The fraction of sp³-hybridized carbons (Fsp3) is 0.692. The molecule has 5 heteroatoms. The summed E-state index contributed by atoms with van der Waals surface area (Å²) < 4.78 is 0. The van der Waals surface area contributed by atoms with E-state index in [-0.39, 0.29) is 5.54 Å². The van der Waals surface area contributed by atoms with E-state index in [9.17, 15) is 0 Å². The first-order valence-electron chi connectivity index (χ1n) is 6.35. The summed E-state index contributed by atoms with van der Waals surface area (Å²) in [7, 11) is 2.09. The first kappa shape index (κ1) is 15.1. The van der Waals surface area contributed by atoms with E-state index in [0.717, 1.165) is 29.8 Å². The SMILES string of the molecule is CCNc1cc(N(C)C(C)(C)CC)nc(SC)n1. The van der Waals surface area contributed by atoms with Crippen LogP contribution in [0.5, 0.6) is 0 Å². The zero-order valence-electron chi connectivity index (χ0n) is 12.2. The van der Waals surface area contributed by atoms with Crippen LogP contribution >= 0.6 is 11.8 Å². The van der Waals surface area contributed by atoms with Gasteiger partial charge in [-0.05, 0) is 33.4 Å². The van der Waals surface area contributed by atoms with E-state index in [1.807, 2.05) is 12.3 Å². The highest BCUT2D eigenvalue weighted by Crippen LogP contribution is 2.26. The number of nitrogens with one attached hydrogen (secondary N) is 1. The van der Waals surface area contributed by atoms with Gasteiger partial charge in [0.05, 0.1) is 0 Å². The van der Waals surface area contributed by atoms with E-state index in [1.165, 1.54) is 0 Å². The summed E-state index contributed by atoms with van der Waals surface area (Å²) in [6, 6.07) is 2.01. The fourth-order valence-corrected chi connectivity index (χ4v) is 1.87. The molecule has 1 rings (SSSR count). The van der Waals surface area contributed by atoms with E-state index in [0.29, 0.717) is 0 Å². The lowest BCUT2D eigenvalue weighted by atomic mass is 10.0. The van der Waals surface area contributed by atoms with Gasteiger partial charge in [0.25, 0.3) is 0 Å². The topological polar surface area (TPSA) is 41.0 Å². The number of aromatic nitrogens is 2. The molecule has 18 heavy (non-hydrogen) atoms. The second-order valence-electron chi connectivity index (χ2n) is 4.85. The maximum atomic E-state index is 4.59. The Labute approximate surface area is 115 Å². The van der Waals surface area contributed by atoms with Crippen molar-refractivity contribution < 1.29 is 0 Å². The fourth-order valence-electron chi connectivity index (χ4n) is 1.49. The molecule has 1 heterocycles. The molecule has 102 valence electrons. The Morgan fingerprint density at radius 3 is 2.50 bits per heavy atom. The standard InChI is InChI=1S/C13H24N4S/c1-7-13(3,4)17(5)11-9-10(14-8-2)15-12(16-11)18-6/h9H,7-8H2,1-6H3,(H,14,15,16). The average molecular weight is 268 g/mol. The predicted molar refractivity (Wildman–Crippen MR) is 80.7 cm³/mol. The van der Waals surface area contributed by atoms with E-state index in [4.69, 9.17) is 0 Å². The summed E-state index contributed by atoms with van der Waals surface area (Å²) in [6.45, 7) is 9.57. The lowest BCUT2D eigenvalue weighted by Gasteiger charge is -2.36. The molecule has 0 aliphatic rings. The van der Waals surface area contributed by atoms with Crippen LogP contribution in [0.2, 0.25) is 0 Å². The lowest BCUT2D eigenvalue weighted by molar-refractivity contribution is 0.466. The molecule has 0 aliphatic heterocycles. The molecular formula is C13H24N4S. The molecule has 0 unspecified atom stereocenters. The van der Waals surface area contributed by atoms with Crippen molar-refractivity contribution in [2.24, 2.45) is 0 Å². The smallest absolute Gasteiger partial charge is 0.191 e.